The van der Waals surface area contributed by atoms with Crippen LogP contribution in [-0.4, -0.2) is 49.1 Å². The van der Waals surface area contributed by atoms with Gasteiger partial charge in [0.1, 0.15) is 0 Å². The number of allylic oxidation sites excluding steroid dienone is 1. The summed E-state index contributed by atoms with van der Waals surface area (Å²) in [7, 11) is 2.91. The fourth-order valence-electron chi connectivity index (χ4n) is 4.70. The Hall–Kier alpha value is -3.49. The minimum absolute atomic E-state index is 0.0736. The number of rotatable bonds is 9. The van der Waals surface area contributed by atoms with Crippen molar-refractivity contribution >= 4 is 23.4 Å². The Morgan fingerprint density at radius 1 is 1.17 bits per heavy atom. The second-order valence-corrected chi connectivity index (χ2v) is 9.00. The topological polar surface area (TPSA) is 97.3 Å². The van der Waals surface area contributed by atoms with Crippen molar-refractivity contribution in [2.45, 2.75) is 32.1 Å². The second-order valence-electron chi connectivity index (χ2n) is 8.56. The maximum atomic E-state index is 13.7. The molecule has 8 nitrogen and oxygen atoms in total. The zero-order valence-electron chi connectivity index (χ0n) is 20.5. The summed E-state index contributed by atoms with van der Waals surface area (Å²) in [4.78, 5) is 26.9. The minimum atomic E-state index is -1.25. The number of hydrogen-bond acceptors (Lipinski definition) is 6. The van der Waals surface area contributed by atoms with Gasteiger partial charge in [-0.3, -0.25) is 9.59 Å². The van der Waals surface area contributed by atoms with Gasteiger partial charge in [0.05, 0.1) is 20.8 Å². The molecule has 0 aromatic heterocycles. The van der Waals surface area contributed by atoms with Crippen LogP contribution in [0.15, 0.2) is 59.7 Å². The molecule has 2 N–H and O–H groups in total. The first-order valence-corrected chi connectivity index (χ1v) is 12.0. The molecule has 0 radical (unpaired) electrons. The van der Waals surface area contributed by atoms with Crippen LogP contribution < -0.4 is 14.8 Å². The number of carbonyl (C=O) groups is 2. The number of phenols is 1. The molecule has 2 aliphatic rings. The first-order valence-electron chi connectivity index (χ1n) is 11.6. The van der Waals surface area contributed by atoms with Crippen molar-refractivity contribution in [3.05, 3.63) is 75.8 Å². The number of ether oxygens (including phenoxy) is 3. The molecule has 1 aliphatic heterocycles. The summed E-state index contributed by atoms with van der Waals surface area (Å²) in [6.45, 7) is 2.02. The summed E-state index contributed by atoms with van der Waals surface area (Å²) >= 11 is 6.19. The maximum Gasteiger partial charge on any atom is 0.253 e. The van der Waals surface area contributed by atoms with Gasteiger partial charge in [-0.1, -0.05) is 35.9 Å². The first kappa shape index (κ1) is 25.6. The number of halogens is 1. The van der Waals surface area contributed by atoms with Crippen molar-refractivity contribution in [1.82, 2.24) is 10.2 Å². The summed E-state index contributed by atoms with van der Waals surface area (Å²) in [6, 6.07) is 10.5. The van der Waals surface area contributed by atoms with Gasteiger partial charge in [-0.2, -0.15) is 0 Å². The Morgan fingerprint density at radius 2 is 1.83 bits per heavy atom. The zero-order valence-corrected chi connectivity index (χ0v) is 21.2. The molecule has 0 spiro atoms. The fourth-order valence-corrected chi connectivity index (χ4v) is 4.83. The lowest BCUT2D eigenvalue weighted by atomic mass is 9.89. The Morgan fingerprint density at radius 3 is 2.44 bits per heavy atom. The van der Waals surface area contributed by atoms with Crippen molar-refractivity contribution in [2.75, 3.05) is 27.3 Å². The molecule has 1 atom stereocenters. The molecule has 0 bridgehead atoms. The van der Waals surface area contributed by atoms with Gasteiger partial charge in [0, 0.05) is 41.7 Å². The smallest absolute Gasteiger partial charge is 0.253 e. The van der Waals surface area contributed by atoms with Gasteiger partial charge in [-0.05, 0) is 42.7 Å². The van der Waals surface area contributed by atoms with Gasteiger partial charge < -0.3 is 29.5 Å². The van der Waals surface area contributed by atoms with E-state index in [1.54, 1.807) is 29.2 Å². The van der Waals surface area contributed by atoms with Crippen molar-refractivity contribution < 1.29 is 28.9 Å². The number of amides is 2. The van der Waals surface area contributed by atoms with Crippen LogP contribution >= 0.6 is 11.6 Å². The highest BCUT2D eigenvalue weighted by Crippen LogP contribution is 2.49. The highest BCUT2D eigenvalue weighted by Gasteiger charge is 2.53. The van der Waals surface area contributed by atoms with E-state index in [2.05, 4.69) is 5.32 Å². The van der Waals surface area contributed by atoms with Gasteiger partial charge in [-0.15, -0.1) is 0 Å². The summed E-state index contributed by atoms with van der Waals surface area (Å²) in [5.74, 6) is 0.0763. The van der Waals surface area contributed by atoms with Gasteiger partial charge >= 0.3 is 0 Å². The molecule has 36 heavy (non-hydrogen) atoms. The molecule has 2 aromatic carbocycles. The van der Waals surface area contributed by atoms with E-state index in [0.717, 1.165) is 17.6 Å². The van der Waals surface area contributed by atoms with Crippen molar-refractivity contribution in [1.29, 1.82) is 0 Å². The number of benzene rings is 2. The molecule has 1 heterocycles. The molecular formula is C27H29ClN2O6. The average Bonchev–Trinajstić information content (AvgIpc) is 3.12. The largest absolute Gasteiger partial charge is 0.502 e. The van der Waals surface area contributed by atoms with Crippen LogP contribution in [-0.2, 0) is 26.7 Å². The number of aromatic hydroxyl groups is 1. The van der Waals surface area contributed by atoms with Crippen molar-refractivity contribution in [3.63, 3.8) is 0 Å². The van der Waals surface area contributed by atoms with Crippen molar-refractivity contribution in [2.24, 2.45) is 0 Å². The Kier molecular flexibility index (Phi) is 7.56. The third-order valence-electron chi connectivity index (χ3n) is 6.35. The second kappa shape index (κ2) is 10.6. The number of nitrogens with one attached hydrogen (secondary N) is 1. The Labute approximate surface area is 215 Å². The summed E-state index contributed by atoms with van der Waals surface area (Å²) in [6.07, 6.45) is 5.33. The van der Waals surface area contributed by atoms with Gasteiger partial charge in [0.2, 0.25) is 11.7 Å². The normalized spacial score (nSPS) is 18.9. The standard InChI is InChI=1S/C27H29ClN2O6/c1-17(31)29-12-13-30-26(33)21-6-4-5-7-22(21)27(30,19-8-10-20(28)11-9-19)36-16-18-14-23(34-2)25(32)24(15-18)35-3/h5,7-11,14-15,32H,4,6,12-13,16H2,1-3H3,(H,29,31). The molecule has 1 aliphatic carbocycles. The quantitative estimate of drug-likeness (QED) is 0.526. The van der Waals surface area contributed by atoms with E-state index in [4.69, 9.17) is 25.8 Å². The third kappa shape index (κ3) is 4.66. The van der Waals surface area contributed by atoms with E-state index in [-0.39, 0.29) is 48.8 Å². The van der Waals surface area contributed by atoms with Crippen LogP contribution in [0.5, 0.6) is 17.2 Å². The van der Waals surface area contributed by atoms with E-state index in [1.807, 2.05) is 24.3 Å². The van der Waals surface area contributed by atoms with Gasteiger partial charge in [0.25, 0.3) is 5.91 Å². The van der Waals surface area contributed by atoms with Gasteiger partial charge in [-0.25, -0.2) is 0 Å². The molecule has 9 heteroatoms. The van der Waals surface area contributed by atoms with Crippen LogP contribution in [0.1, 0.15) is 30.9 Å². The van der Waals surface area contributed by atoms with E-state index in [9.17, 15) is 14.7 Å². The molecule has 190 valence electrons. The maximum absolute atomic E-state index is 13.7. The predicted molar refractivity (Wildman–Crippen MR) is 135 cm³/mol. The lowest BCUT2D eigenvalue weighted by Gasteiger charge is -2.40. The lowest BCUT2D eigenvalue weighted by Crippen LogP contribution is -2.50. The number of methoxy groups -OCH3 is 2. The average molecular weight is 513 g/mol. The SMILES string of the molecule is COc1cc(COC2(c3ccc(Cl)cc3)C3=C(CCC=C3)C(=O)N2CCNC(C)=O)cc(OC)c1O. The number of hydrogen-bond donors (Lipinski definition) is 2. The van der Waals surface area contributed by atoms with E-state index >= 15 is 0 Å². The predicted octanol–water partition coefficient (Wildman–Crippen LogP) is 4.06. The molecule has 0 saturated heterocycles. The number of nitrogens with zero attached hydrogens (tertiary/aromatic N) is 1. The lowest BCUT2D eigenvalue weighted by molar-refractivity contribution is -0.161. The summed E-state index contributed by atoms with van der Waals surface area (Å²) in [5, 5.41) is 13.6. The number of carbonyl (C=O) groups excluding carboxylic acids is 2. The molecular weight excluding hydrogens is 484 g/mol. The summed E-state index contributed by atoms with van der Waals surface area (Å²) in [5.41, 5.74) is 1.62. The van der Waals surface area contributed by atoms with Crippen LogP contribution in [0.3, 0.4) is 0 Å². The van der Waals surface area contributed by atoms with Crippen LogP contribution in [0.4, 0.5) is 0 Å². The van der Waals surface area contributed by atoms with E-state index < -0.39 is 5.72 Å². The molecule has 4 rings (SSSR count). The van der Waals surface area contributed by atoms with Crippen molar-refractivity contribution in [3.8, 4) is 17.2 Å². The van der Waals surface area contributed by atoms with Crippen LogP contribution in [0, 0.1) is 0 Å². The molecule has 0 saturated carbocycles. The van der Waals surface area contributed by atoms with Gasteiger partial charge in [0.15, 0.2) is 17.2 Å². The van der Waals surface area contributed by atoms with Crippen LogP contribution in [0.2, 0.25) is 5.02 Å². The summed E-state index contributed by atoms with van der Waals surface area (Å²) < 4.78 is 17.3. The molecule has 2 aromatic rings. The first-order chi connectivity index (χ1) is 17.3. The highest BCUT2D eigenvalue weighted by atomic mass is 35.5. The highest BCUT2D eigenvalue weighted by molar-refractivity contribution is 6.30. The van der Waals surface area contributed by atoms with Crippen LogP contribution in [0.25, 0.3) is 0 Å². The molecule has 0 fully saturated rings. The van der Waals surface area contributed by atoms with E-state index in [1.165, 1.54) is 21.1 Å². The molecule has 1 unspecified atom stereocenters. The fraction of sp³-hybridized carbons (Fsp3) is 0.333. The third-order valence-corrected chi connectivity index (χ3v) is 6.60. The minimum Gasteiger partial charge on any atom is -0.502 e. The monoisotopic (exact) mass is 512 g/mol. The number of phenolic OH excluding ortho intramolecular Hbond substituents is 1. The Balaban J connectivity index is 1.81. The zero-order chi connectivity index (χ0) is 25.9. The molecule has 2 amide bonds. The Bertz CT molecular complexity index is 1200. The van der Waals surface area contributed by atoms with E-state index in [0.29, 0.717) is 22.6 Å².